The van der Waals surface area contributed by atoms with E-state index in [9.17, 15) is 8.42 Å². The van der Waals surface area contributed by atoms with E-state index in [1.165, 1.54) is 12.8 Å². The number of ether oxygens (including phenoxy) is 1. The number of halogens is 1. The van der Waals surface area contributed by atoms with Crippen molar-refractivity contribution in [2.45, 2.75) is 24.2 Å². The van der Waals surface area contributed by atoms with E-state index in [1.807, 2.05) is 0 Å². The van der Waals surface area contributed by atoms with Crippen molar-refractivity contribution in [3.05, 3.63) is 28.7 Å². The van der Waals surface area contributed by atoms with Gasteiger partial charge in [-0.25, -0.2) is 13.1 Å². The van der Waals surface area contributed by atoms with Crippen LogP contribution >= 0.6 is 15.9 Å². The van der Waals surface area contributed by atoms with Gasteiger partial charge < -0.3 is 4.74 Å². The van der Waals surface area contributed by atoms with Gasteiger partial charge in [-0.15, -0.1) is 0 Å². The van der Waals surface area contributed by atoms with Gasteiger partial charge in [0.05, 0.1) is 4.90 Å². The van der Waals surface area contributed by atoms with Gasteiger partial charge in [-0.1, -0.05) is 12.1 Å². The Labute approximate surface area is 122 Å². The lowest BCUT2D eigenvalue weighted by Gasteiger charge is -2.08. The predicted molar refractivity (Wildman–Crippen MR) is 77.5 cm³/mol. The second kappa shape index (κ2) is 6.83. The smallest absolute Gasteiger partial charge is 0.241 e. The molecule has 2 rings (SSSR count). The molecule has 0 saturated heterocycles. The molecule has 1 N–H and O–H groups in total. The minimum Gasteiger partial charge on any atom is -0.381 e. The molecule has 6 heteroatoms. The van der Waals surface area contributed by atoms with E-state index in [0.29, 0.717) is 24.0 Å². The molecule has 0 radical (unpaired) electrons. The second-order valence-electron chi connectivity index (χ2n) is 4.70. The molecular formula is C13H18BrNO3S. The van der Waals surface area contributed by atoms with Gasteiger partial charge in [0.15, 0.2) is 0 Å². The summed E-state index contributed by atoms with van der Waals surface area (Å²) in [6.07, 6.45) is 3.24. The maximum atomic E-state index is 12.0. The van der Waals surface area contributed by atoms with Gasteiger partial charge in [-0.3, -0.25) is 0 Å². The number of hydrogen-bond acceptors (Lipinski definition) is 3. The van der Waals surface area contributed by atoms with Crippen LogP contribution in [-0.2, 0) is 14.8 Å². The normalized spacial score (nSPS) is 15.6. The van der Waals surface area contributed by atoms with Gasteiger partial charge in [0.2, 0.25) is 10.0 Å². The van der Waals surface area contributed by atoms with E-state index >= 15 is 0 Å². The Hall–Kier alpha value is -0.430. The largest absolute Gasteiger partial charge is 0.381 e. The maximum absolute atomic E-state index is 12.0. The molecule has 0 aliphatic heterocycles. The number of hydrogen-bond donors (Lipinski definition) is 1. The molecule has 106 valence electrons. The van der Waals surface area contributed by atoms with Crippen LogP contribution < -0.4 is 4.72 Å². The molecule has 4 nitrogen and oxygen atoms in total. The van der Waals surface area contributed by atoms with Gasteiger partial charge in [0.1, 0.15) is 0 Å². The molecule has 1 aliphatic rings. The predicted octanol–water partition coefficient (Wildman–Crippen LogP) is 2.54. The standard InChI is InChI=1S/C13H18BrNO3S/c14-12-4-1-2-5-13(12)19(16,17)15-8-3-9-18-10-11-6-7-11/h1-2,4-5,11,15H,3,6-10H2. The Balaban J connectivity index is 1.73. The summed E-state index contributed by atoms with van der Waals surface area (Å²) < 4.78 is 32.7. The zero-order chi connectivity index (χ0) is 13.7. The number of nitrogens with one attached hydrogen (secondary N) is 1. The summed E-state index contributed by atoms with van der Waals surface area (Å²) in [7, 11) is -3.43. The van der Waals surface area contributed by atoms with Gasteiger partial charge in [-0.2, -0.15) is 0 Å². The van der Waals surface area contributed by atoms with Crippen LogP contribution in [0.3, 0.4) is 0 Å². The lowest BCUT2D eigenvalue weighted by atomic mass is 10.4. The first-order chi connectivity index (χ1) is 9.09. The summed E-state index contributed by atoms with van der Waals surface area (Å²) in [6, 6.07) is 6.79. The highest BCUT2D eigenvalue weighted by molar-refractivity contribution is 9.10. The topological polar surface area (TPSA) is 55.4 Å². The lowest BCUT2D eigenvalue weighted by molar-refractivity contribution is 0.123. The lowest BCUT2D eigenvalue weighted by Crippen LogP contribution is -2.26. The number of benzene rings is 1. The summed E-state index contributed by atoms with van der Waals surface area (Å²) in [4.78, 5) is 0.272. The van der Waals surface area contributed by atoms with Crippen molar-refractivity contribution in [3.63, 3.8) is 0 Å². The van der Waals surface area contributed by atoms with Crippen LogP contribution in [0.2, 0.25) is 0 Å². The first-order valence-electron chi connectivity index (χ1n) is 6.41. The summed E-state index contributed by atoms with van der Waals surface area (Å²) in [6.45, 7) is 1.82. The molecule has 0 spiro atoms. The highest BCUT2D eigenvalue weighted by atomic mass is 79.9. The Morgan fingerprint density at radius 2 is 2.05 bits per heavy atom. The van der Waals surface area contributed by atoms with Crippen molar-refractivity contribution in [1.82, 2.24) is 4.72 Å². The molecule has 1 aromatic rings. The van der Waals surface area contributed by atoms with E-state index < -0.39 is 10.0 Å². The average molecular weight is 348 g/mol. The maximum Gasteiger partial charge on any atom is 0.241 e. The average Bonchev–Trinajstić information content (AvgIpc) is 3.18. The summed E-state index contributed by atoms with van der Waals surface area (Å²) in [5.74, 6) is 0.747. The molecule has 1 fully saturated rings. The fourth-order valence-corrected chi connectivity index (χ4v) is 3.73. The van der Waals surface area contributed by atoms with Gasteiger partial charge in [-0.05, 0) is 53.2 Å². The molecule has 0 atom stereocenters. The van der Waals surface area contributed by atoms with Gasteiger partial charge >= 0.3 is 0 Å². The fraction of sp³-hybridized carbons (Fsp3) is 0.538. The van der Waals surface area contributed by atoms with Gasteiger partial charge in [0.25, 0.3) is 0 Å². The third kappa shape index (κ3) is 4.87. The van der Waals surface area contributed by atoms with Crippen LogP contribution in [-0.4, -0.2) is 28.2 Å². The second-order valence-corrected chi connectivity index (χ2v) is 7.29. The molecule has 0 aromatic heterocycles. The van der Waals surface area contributed by atoms with E-state index in [4.69, 9.17) is 4.74 Å². The van der Waals surface area contributed by atoms with Gasteiger partial charge in [0, 0.05) is 24.2 Å². The van der Waals surface area contributed by atoms with E-state index in [0.717, 1.165) is 12.5 Å². The first-order valence-corrected chi connectivity index (χ1v) is 8.69. The monoisotopic (exact) mass is 347 g/mol. The molecule has 0 bridgehead atoms. The SMILES string of the molecule is O=S(=O)(NCCCOCC1CC1)c1ccccc1Br. The van der Waals surface area contributed by atoms with Crippen LogP contribution in [0.15, 0.2) is 33.6 Å². The van der Waals surface area contributed by atoms with Crippen molar-refractivity contribution in [3.8, 4) is 0 Å². The van der Waals surface area contributed by atoms with Crippen LogP contribution in [0.4, 0.5) is 0 Å². The molecule has 1 aliphatic carbocycles. The minimum absolute atomic E-state index is 0.272. The summed E-state index contributed by atoms with van der Waals surface area (Å²) in [5.41, 5.74) is 0. The third-order valence-corrected chi connectivity index (χ3v) is 5.41. The molecule has 0 heterocycles. The molecule has 0 unspecified atom stereocenters. The van der Waals surface area contributed by atoms with Crippen molar-refractivity contribution in [2.24, 2.45) is 5.92 Å². The molecular weight excluding hydrogens is 330 g/mol. The highest BCUT2D eigenvalue weighted by Crippen LogP contribution is 2.28. The Kier molecular flexibility index (Phi) is 5.38. The number of rotatable bonds is 8. The van der Waals surface area contributed by atoms with Crippen molar-refractivity contribution in [1.29, 1.82) is 0 Å². The molecule has 19 heavy (non-hydrogen) atoms. The summed E-state index contributed by atoms with van der Waals surface area (Å²) >= 11 is 3.24. The van der Waals surface area contributed by atoms with E-state index in [2.05, 4.69) is 20.7 Å². The van der Waals surface area contributed by atoms with Crippen LogP contribution in [0, 0.1) is 5.92 Å². The number of sulfonamides is 1. The summed E-state index contributed by atoms with van der Waals surface area (Å²) in [5, 5.41) is 0. The fourth-order valence-electron chi connectivity index (χ4n) is 1.66. The first kappa shape index (κ1) is 15.0. The molecule has 1 aromatic carbocycles. The van der Waals surface area contributed by atoms with Crippen LogP contribution in [0.1, 0.15) is 19.3 Å². The molecule has 0 amide bonds. The molecule has 1 saturated carbocycles. The van der Waals surface area contributed by atoms with Crippen molar-refractivity contribution >= 4 is 26.0 Å². The third-order valence-electron chi connectivity index (χ3n) is 2.93. The zero-order valence-electron chi connectivity index (χ0n) is 10.6. The van der Waals surface area contributed by atoms with E-state index in [-0.39, 0.29) is 4.90 Å². The van der Waals surface area contributed by atoms with Crippen molar-refractivity contribution < 1.29 is 13.2 Å². The van der Waals surface area contributed by atoms with E-state index in [1.54, 1.807) is 24.3 Å². The Bertz CT molecular complexity index is 514. The van der Waals surface area contributed by atoms with Crippen LogP contribution in [0.25, 0.3) is 0 Å². The quantitative estimate of drug-likeness (QED) is 0.735. The van der Waals surface area contributed by atoms with Crippen LogP contribution in [0.5, 0.6) is 0 Å². The Morgan fingerprint density at radius 1 is 1.32 bits per heavy atom. The Morgan fingerprint density at radius 3 is 2.74 bits per heavy atom. The minimum atomic E-state index is -3.43. The zero-order valence-corrected chi connectivity index (χ0v) is 13.0. The highest BCUT2D eigenvalue weighted by Gasteiger charge is 2.21. The van der Waals surface area contributed by atoms with Crippen molar-refractivity contribution in [2.75, 3.05) is 19.8 Å².